The normalized spacial score (nSPS) is 11.0. The van der Waals surface area contributed by atoms with Gasteiger partial charge in [-0.25, -0.2) is 0 Å². The first-order chi connectivity index (χ1) is 11.3. The lowest BCUT2D eigenvalue weighted by molar-refractivity contribution is -0.114. The highest BCUT2D eigenvalue weighted by Crippen LogP contribution is 2.20. The van der Waals surface area contributed by atoms with Gasteiger partial charge in [-0.3, -0.25) is 4.79 Å². The minimum absolute atomic E-state index is 0.00775. The highest BCUT2D eigenvalue weighted by atomic mass is 16.2. The summed E-state index contributed by atoms with van der Waals surface area (Å²) in [6, 6.07) is 24.1. The largest absolute Gasteiger partial charge is 0.309 e. The van der Waals surface area contributed by atoms with Crippen molar-refractivity contribution in [3.63, 3.8) is 0 Å². The number of anilines is 1. The van der Waals surface area contributed by atoms with Gasteiger partial charge in [0.2, 0.25) is 0 Å². The van der Waals surface area contributed by atoms with Gasteiger partial charge in [0.1, 0.15) is 0 Å². The second-order valence-corrected chi connectivity index (χ2v) is 5.32. The smallest absolute Gasteiger partial charge is 0.250 e. The number of amides is 1. The van der Waals surface area contributed by atoms with Crippen molar-refractivity contribution in [1.82, 2.24) is 0 Å². The SMILES string of the molecule is CCN(C(=O)C=Cc1cccc2ccccc12)c1ccccc1. The standard InChI is InChI=1S/C21H19NO/c1-2-22(19-12-4-3-5-13-19)21(23)16-15-18-11-8-10-17-9-6-7-14-20(17)18/h3-16H,2H2,1H3. The van der Waals surface area contributed by atoms with Crippen LogP contribution in [-0.4, -0.2) is 12.5 Å². The molecule has 0 bridgehead atoms. The van der Waals surface area contributed by atoms with Crippen LogP contribution in [0, 0.1) is 0 Å². The van der Waals surface area contributed by atoms with Gasteiger partial charge in [0.05, 0.1) is 0 Å². The molecular formula is C21H19NO. The summed E-state index contributed by atoms with van der Waals surface area (Å²) in [7, 11) is 0. The number of benzene rings is 3. The van der Waals surface area contributed by atoms with Gasteiger partial charge in [-0.1, -0.05) is 60.7 Å². The molecule has 0 aliphatic rings. The van der Waals surface area contributed by atoms with Crippen molar-refractivity contribution in [3.05, 3.63) is 84.4 Å². The maximum atomic E-state index is 12.5. The minimum atomic E-state index is -0.00775. The molecule has 0 spiro atoms. The van der Waals surface area contributed by atoms with Crippen molar-refractivity contribution in [2.45, 2.75) is 6.92 Å². The molecule has 3 aromatic carbocycles. The van der Waals surface area contributed by atoms with Gasteiger partial charge in [-0.05, 0) is 41.5 Å². The van der Waals surface area contributed by atoms with E-state index in [-0.39, 0.29) is 5.91 Å². The molecule has 0 heterocycles. The van der Waals surface area contributed by atoms with Crippen molar-refractivity contribution >= 4 is 28.4 Å². The molecule has 0 saturated carbocycles. The predicted octanol–water partition coefficient (Wildman–Crippen LogP) is 4.91. The summed E-state index contributed by atoms with van der Waals surface area (Å²) in [5.41, 5.74) is 1.98. The zero-order chi connectivity index (χ0) is 16.1. The molecule has 2 nitrogen and oxygen atoms in total. The summed E-state index contributed by atoms with van der Waals surface area (Å²) in [6.07, 6.45) is 3.55. The van der Waals surface area contributed by atoms with Crippen LogP contribution in [0.2, 0.25) is 0 Å². The molecule has 0 radical (unpaired) electrons. The van der Waals surface area contributed by atoms with E-state index >= 15 is 0 Å². The van der Waals surface area contributed by atoms with Gasteiger partial charge in [0.15, 0.2) is 0 Å². The molecule has 1 amide bonds. The van der Waals surface area contributed by atoms with E-state index in [0.717, 1.165) is 16.6 Å². The van der Waals surface area contributed by atoms with Gasteiger partial charge in [-0.15, -0.1) is 0 Å². The van der Waals surface area contributed by atoms with Gasteiger partial charge in [0.25, 0.3) is 5.91 Å². The van der Waals surface area contributed by atoms with Crippen LogP contribution in [0.15, 0.2) is 78.9 Å². The van der Waals surface area contributed by atoms with Crippen LogP contribution in [0.1, 0.15) is 12.5 Å². The van der Waals surface area contributed by atoms with Gasteiger partial charge < -0.3 is 4.90 Å². The maximum absolute atomic E-state index is 12.5. The van der Waals surface area contributed by atoms with Crippen molar-refractivity contribution in [2.24, 2.45) is 0 Å². The molecule has 3 rings (SSSR count). The first-order valence-corrected chi connectivity index (χ1v) is 7.82. The van der Waals surface area contributed by atoms with Crippen molar-refractivity contribution in [3.8, 4) is 0 Å². The number of likely N-dealkylation sites (N-methyl/N-ethyl adjacent to an activating group) is 1. The summed E-state index contributed by atoms with van der Waals surface area (Å²) >= 11 is 0. The van der Waals surface area contributed by atoms with Crippen LogP contribution in [0.25, 0.3) is 16.8 Å². The predicted molar refractivity (Wildman–Crippen MR) is 97.5 cm³/mol. The fraction of sp³-hybridized carbons (Fsp3) is 0.0952. The molecule has 0 saturated heterocycles. The lowest BCUT2D eigenvalue weighted by atomic mass is 10.0. The highest BCUT2D eigenvalue weighted by molar-refractivity contribution is 6.05. The maximum Gasteiger partial charge on any atom is 0.250 e. The molecule has 0 unspecified atom stereocenters. The van der Waals surface area contributed by atoms with E-state index in [0.29, 0.717) is 6.54 Å². The monoisotopic (exact) mass is 301 g/mol. The molecule has 23 heavy (non-hydrogen) atoms. The Labute approximate surface area is 136 Å². The van der Waals surface area contributed by atoms with E-state index in [4.69, 9.17) is 0 Å². The molecule has 2 heteroatoms. The van der Waals surface area contributed by atoms with Gasteiger partial charge in [0, 0.05) is 18.3 Å². The van der Waals surface area contributed by atoms with Crippen molar-refractivity contribution in [1.29, 1.82) is 0 Å². The van der Waals surface area contributed by atoms with E-state index in [9.17, 15) is 4.79 Å². The fourth-order valence-electron chi connectivity index (χ4n) is 2.72. The number of nitrogens with zero attached hydrogens (tertiary/aromatic N) is 1. The Kier molecular flexibility index (Phi) is 4.53. The molecule has 3 aromatic rings. The Morgan fingerprint density at radius 3 is 2.39 bits per heavy atom. The van der Waals surface area contributed by atoms with Gasteiger partial charge in [-0.2, -0.15) is 0 Å². The Morgan fingerprint density at radius 1 is 0.913 bits per heavy atom. The highest BCUT2D eigenvalue weighted by Gasteiger charge is 2.10. The first kappa shape index (κ1) is 15.0. The molecular weight excluding hydrogens is 282 g/mol. The molecule has 114 valence electrons. The number of hydrogen-bond acceptors (Lipinski definition) is 1. The Morgan fingerprint density at radius 2 is 1.61 bits per heavy atom. The second kappa shape index (κ2) is 6.93. The van der Waals surface area contributed by atoms with E-state index in [1.54, 1.807) is 11.0 Å². The third-order valence-electron chi connectivity index (χ3n) is 3.88. The van der Waals surface area contributed by atoms with Crippen LogP contribution < -0.4 is 4.90 Å². The Hall–Kier alpha value is -2.87. The van der Waals surface area contributed by atoms with Crippen molar-refractivity contribution in [2.75, 3.05) is 11.4 Å². The average molecular weight is 301 g/mol. The van der Waals surface area contributed by atoms with Gasteiger partial charge >= 0.3 is 0 Å². The number of rotatable bonds is 4. The second-order valence-electron chi connectivity index (χ2n) is 5.32. The van der Waals surface area contributed by atoms with E-state index in [2.05, 4.69) is 18.2 Å². The topological polar surface area (TPSA) is 20.3 Å². The molecule has 0 aromatic heterocycles. The molecule has 0 fully saturated rings. The average Bonchev–Trinajstić information content (AvgIpc) is 2.61. The molecule has 0 atom stereocenters. The number of fused-ring (bicyclic) bond motifs is 1. The number of carbonyl (C=O) groups is 1. The number of carbonyl (C=O) groups excluding carboxylic acids is 1. The summed E-state index contributed by atoms with van der Waals surface area (Å²) in [6.45, 7) is 2.62. The van der Waals surface area contributed by atoms with Crippen molar-refractivity contribution < 1.29 is 4.79 Å². The van der Waals surface area contributed by atoms with E-state index in [1.165, 1.54) is 5.39 Å². The van der Waals surface area contributed by atoms with Crippen LogP contribution in [-0.2, 0) is 4.79 Å². The van der Waals surface area contributed by atoms with E-state index < -0.39 is 0 Å². The van der Waals surface area contributed by atoms with Crippen LogP contribution in [0.4, 0.5) is 5.69 Å². The quantitative estimate of drug-likeness (QED) is 0.627. The Balaban J connectivity index is 1.88. The van der Waals surface area contributed by atoms with Crippen LogP contribution in [0.5, 0.6) is 0 Å². The number of hydrogen-bond donors (Lipinski definition) is 0. The summed E-state index contributed by atoms with van der Waals surface area (Å²) < 4.78 is 0. The fourth-order valence-corrected chi connectivity index (χ4v) is 2.72. The summed E-state index contributed by atoms with van der Waals surface area (Å²) in [4.78, 5) is 14.3. The molecule has 0 aliphatic carbocycles. The third kappa shape index (κ3) is 3.32. The molecule has 0 N–H and O–H groups in total. The third-order valence-corrected chi connectivity index (χ3v) is 3.88. The van der Waals surface area contributed by atoms with Crippen LogP contribution >= 0.6 is 0 Å². The zero-order valence-electron chi connectivity index (χ0n) is 13.1. The van der Waals surface area contributed by atoms with Crippen LogP contribution in [0.3, 0.4) is 0 Å². The summed E-state index contributed by atoms with van der Waals surface area (Å²) in [5.74, 6) is -0.00775. The molecule has 0 aliphatic heterocycles. The van der Waals surface area contributed by atoms with E-state index in [1.807, 2.05) is 67.6 Å². The first-order valence-electron chi connectivity index (χ1n) is 7.82. The lowest BCUT2D eigenvalue weighted by Crippen LogP contribution is -2.28. The number of para-hydroxylation sites is 1. The Bertz CT molecular complexity index is 831. The minimum Gasteiger partial charge on any atom is -0.309 e. The summed E-state index contributed by atoms with van der Waals surface area (Å²) in [5, 5.41) is 2.33. The lowest BCUT2D eigenvalue weighted by Gasteiger charge is -2.19. The zero-order valence-corrected chi connectivity index (χ0v) is 13.1.